The predicted octanol–water partition coefficient (Wildman–Crippen LogP) is 15.3. The fourth-order valence-corrected chi connectivity index (χ4v) is 12.7. The smallest absolute Gasteiger partial charge is 0.143 e. The van der Waals surface area contributed by atoms with Crippen molar-refractivity contribution in [1.82, 2.24) is 0 Å². The van der Waals surface area contributed by atoms with Crippen molar-refractivity contribution in [2.24, 2.45) is 23.7 Å². The predicted molar refractivity (Wildman–Crippen MR) is 240 cm³/mol. The summed E-state index contributed by atoms with van der Waals surface area (Å²) in [6.07, 6.45) is 7.09. The summed E-state index contributed by atoms with van der Waals surface area (Å²) in [4.78, 5) is 2.39. The van der Waals surface area contributed by atoms with Gasteiger partial charge in [0.2, 0.25) is 0 Å². The molecule has 0 atom stereocenters. The molecule has 0 radical (unpaired) electrons. The number of anilines is 3. The molecule has 1 aromatic heterocycles. The molecule has 4 saturated carbocycles. The average Bonchev–Trinajstić information content (AvgIpc) is 3.80. The molecule has 5 aliphatic rings. The van der Waals surface area contributed by atoms with E-state index in [0.29, 0.717) is 0 Å². The SMILES string of the molecule is c1ccc2c(c1)-c1ccc(-c3ccc(N(c4ccc(-c5cccc6c5oc5ccccc56)cc4)c4ccc5ccccc5c4)cc3)cc1C21C2CC3CC(C2)CC1C3. The minimum atomic E-state index is 0.171. The highest BCUT2D eigenvalue weighted by Crippen LogP contribution is 2.69. The molecule has 0 saturated heterocycles. The van der Waals surface area contributed by atoms with Crippen molar-refractivity contribution >= 4 is 49.8 Å². The van der Waals surface area contributed by atoms with E-state index in [-0.39, 0.29) is 5.41 Å². The van der Waals surface area contributed by atoms with Crippen LogP contribution in [0, 0.1) is 23.7 Å². The number of benzene rings is 8. The Morgan fingerprint density at radius 3 is 1.81 bits per heavy atom. The first-order chi connectivity index (χ1) is 28.7. The standard InChI is InChI=1S/C56H43NO/c1-2-9-40-33-46(26-18-37(40)8-1)57(45-24-19-39(20-25-45)47-12-7-13-51-50-11-4-6-15-54(50)58-55(47)51)44-22-16-38(17-23-44)41-21-27-49-48-10-3-5-14-52(48)56(53(49)34-41)42-29-35-28-36(31-42)32-43(56)30-35/h1-27,33-36,42-43H,28-32H2. The number of nitrogens with zero attached hydrogens (tertiary/aromatic N) is 1. The molecular weight excluding hydrogens is 703 g/mol. The lowest BCUT2D eigenvalue weighted by molar-refractivity contribution is -0.0399. The summed E-state index contributed by atoms with van der Waals surface area (Å²) in [6.45, 7) is 0. The van der Waals surface area contributed by atoms with Gasteiger partial charge in [0, 0.05) is 38.8 Å². The molecule has 4 fully saturated rings. The molecule has 1 spiro atoms. The molecule has 14 rings (SSSR count). The lowest BCUT2D eigenvalue weighted by atomic mass is 9.43. The number of rotatable bonds is 5. The number of furan rings is 1. The van der Waals surface area contributed by atoms with Crippen molar-refractivity contribution in [3.63, 3.8) is 0 Å². The molecule has 0 unspecified atom stereocenters. The minimum Gasteiger partial charge on any atom is -0.455 e. The van der Waals surface area contributed by atoms with Gasteiger partial charge >= 0.3 is 0 Å². The first-order valence-electron chi connectivity index (χ1n) is 21.3. The normalized spacial score (nSPS) is 22.6. The van der Waals surface area contributed by atoms with Crippen molar-refractivity contribution in [3.8, 4) is 33.4 Å². The van der Waals surface area contributed by atoms with Gasteiger partial charge in [-0.25, -0.2) is 0 Å². The second-order valence-electron chi connectivity index (χ2n) is 17.7. The summed E-state index contributed by atoms with van der Waals surface area (Å²) in [7, 11) is 0. The summed E-state index contributed by atoms with van der Waals surface area (Å²) in [5.74, 6) is 3.40. The van der Waals surface area contributed by atoms with Crippen LogP contribution in [0.2, 0.25) is 0 Å². The zero-order valence-electron chi connectivity index (χ0n) is 32.4. The summed E-state index contributed by atoms with van der Waals surface area (Å²) < 4.78 is 6.43. The Morgan fingerprint density at radius 2 is 1.02 bits per heavy atom. The second kappa shape index (κ2) is 12.3. The molecule has 0 N–H and O–H groups in total. The van der Waals surface area contributed by atoms with Crippen LogP contribution in [-0.4, -0.2) is 0 Å². The average molecular weight is 746 g/mol. The van der Waals surface area contributed by atoms with Gasteiger partial charge < -0.3 is 9.32 Å². The molecule has 278 valence electrons. The molecule has 0 aliphatic heterocycles. The van der Waals surface area contributed by atoms with Gasteiger partial charge in [0.1, 0.15) is 11.2 Å². The monoisotopic (exact) mass is 745 g/mol. The van der Waals surface area contributed by atoms with Gasteiger partial charge in [-0.05, 0) is 154 Å². The van der Waals surface area contributed by atoms with E-state index in [1.54, 1.807) is 11.1 Å². The maximum atomic E-state index is 6.43. The van der Waals surface area contributed by atoms with Crippen LogP contribution in [0.4, 0.5) is 17.1 Å². The third-order valence-corrected chi connectivity index (χ3v) is 14.8. The van der Waals surface area contributed by atoms with Crippen LogP contribution in [-0.2, 0) is 5.41 Å². The second-order valence-corrected chi connectivity index (χ2v) is 17.7. The van der Waals surface area contributed by atoms with E-state index in [9.17, 15) is 0 Å². The third kappa shape index (κ3) is 4.66. The summed E-state index contributed by atoms with van der Waals surface area (Å²) in [5, 5.41) is 4.77. The summed E-state index contributed by atoms with van der Waals surface area (Å²) >= 11 is 0. The Bertz CT molecular complexity index is 3050. The molecule has 2 nitrogen and oxygen atoms in total. The maximum absolute atomic E-state index is 6.43. The van der Waals surface area contributed by atoms with Crippen LogP contribution < -0.4 is 4.90 Å². The van der Waals surface area contributed by atoms with Crippen LogP contribution in [0.5, 0.6) is 0 Å². The molecule has 9 aromatic rings. The van der Waals surface area contributed by atoms with Gasteiger partial charge in [0.25, 0.3) is 0 Å². The van der Waals surface area contributed by atoms with Gasteiger partial charge in [0.15, 0.2) is 0 Å². The largest absolute Gasteiger partial charge is 0.455 e. The molecule has 8 aromatic carbocycles. The Morgan fingerprint density at radius 1 is 0.414 bits per heavy atom. The Kier molecular flexibility index (Phi) is 6.94. The topological polar surface area (TPSA) is 16.4 Å². The minimum absolute atomic E-state index is 0.171. The third-order valence-electron chi connectivity index (χ3n) is 14.8. The number of fused-ring (bicyclic) bond motifs is 7. The van der Waals surface area contributed by atoms with E-state index < -0.39 is 0 Å². The van der Waals surface area contributed by atoms with Crippen molar-refractivity contribution in [3.05, 3.63) is 187 Å². The molecule has 0 amide bonds. The molecule has 58 heavy (non-hydrogen) atoms. The highest BCUT2D eigenvalue weighted by Gasteiger charge is 2.61. The summed E-state index contributed by atoms with van der Waals surface area (Å²) in [6, 6.07) is 65.4. The maximum Gasteiger partial charge on any atom is 0.143 e. The van der Waals surface area contributed by atoms with E-state index in [1.165, 1.54) is 65.1 Å². The Labute approximate surface area is 339 Å². The number of para-hydroxylation sites is 2. The van der Waals surface area contributed by atoms with Gasteiger partial charge in [-0.3, -0.25) is 0 Å². The van der Waals surface area contributed by atoms with E-state index in [4.69, 9.17) is 4.42 Å². The first kappa shape index (κ1) is 32.7. The lowest BCUT2D eigenvalue weighted by Crippen LogP contribution is -2.55. The number of hydrogen-bond acceptors (Lipinski definition) is 2. The van der Waals surface area contributed by atoms with Crippen LogP contribution in [0.15, 0.2) is 180 Å². The zero-order valence-corrected chi connectivity index (χ0v) is 32.4. The first-order valence-corrected chi connectivity index (χ1v) is 21.3. The van der Waals surface area contributed by atoms with Gasteiger partial charge in [-0.2, -0.15) is 0 Å². The van der Waals surface area contributed by atoms with E-state index in [1.807, 2.05) is 6.07 Å². The van der Waals surface area contributed by atoms with Crippen molar-refractivity contribution in [2.75, 3.05) is 4.90 Å². The molecule has 4 bridgehead atoms. The van der Waals surface area contributed by atoms with Gasteiger partial charge in [0.05, 0.1) is 0 Å². The highest BCUT2D eigenvalue weighted by atomic mass is 16.3. The fraction of sp³-hybridized carbons (Fsp3) is 0.179. The Balaban J connectivity index is 0.895. The van der Waals surface area contributed by atoms with Crippen LogP contribution in [0.25, 0.3) is 66.1 Å². The van der Waals surface area contributed by atoms with Crippen LogP contribution in [0.1, 0.15) is 43.2 Å². The highest BCUT2D eigenvalue weighted by molar-refractivity contribution is 6.09. The van der Waals surface area contributed by atoms with E-state index in [0.717, 1.165) is 73.8 Å². The fourth-order valence-electron chi connectivity index (χ4n) is 12.7. The van der Waals surface area contributed by atoms with Crippen molar-refractivity contribution < 1.29 is 4.42 Å². The van der Waals surface area contributed by atoms with E-state index >= 15 is 0 Å². The van der Waals surface area contributed by atoms with E-state index in [2.05, 4.69) is 175 Å². The van der Waals surface area contributed by atoms with Gasteiger partial charge in [-0.1, -0.05) is 127 Å². The summed E-state index contributed by atoms with van der Waals surface area (Å²) in [5.41, 5.74) is 16.5. The number of hydrogen-bond donors (Lipinski definition) is 0. The molecule has 2 heteroatoms. The molecular formula is C56H43NO. The molecule has 1 heterocycles. The molecule has 5 aliphatic carbocycles. The van der Waals surface area contributed by atoms with Crippen LogP contribution in [0.3, 0.4) is 0 Å². The van der Waals surface area contributed by atoms with Gasteiger partial charge in [-0.15, -0.1) is 0 Å². The Hall–Kier alpha value is -6.38. The lowest BCUT2D eigenvalue weighted by Gasteiger charge is -2.61. The zero-order chi connectivity index (χ0) is 38.0. The van der Waals surface area contributed by atoms with Crippen molar-refractivity contribution in [1.29, 1.82) is 0 Å². The van der Waals surface area contributed by atoms with Crippen molar-refractivity contribution in [2.45, 2.75) is 37.5 Å². The van der Waals surface area contributed by atoms with Crippen LogP contribution >= 0.6 is 0 Å². The quantitative estimate of drug-likeness (QED) is 0.174.